The fraction of sp³-hybridized carbons (Fsp3) is 0.625. The zero-order valence-corrected chi connectivity index (χ0v) is 6.75. The second kappa shape index (κ2) is 2.54. The topological polar surface area (TPSA) is 87.0 Å². The van der Waals surface area contributed by atoms with Crippen LogP contribution < -0.4 is 0 Å². The zero-order valence-electron chi connectivity index (χ0n) is 6.75. The summed E-state index contributed by atoms with van der Waals surface area (Å²) in [5.41, 5.74) is -1.19. The molecule has 13 heavy (non-hydrogen) atoms. The van der Waals surface area contributed by atoms with E-state index in [9.17, 15) is 4.79 Å². The van der Waals surface area contributed by atoms with E-state index in [-0.39, 0.29) is 6.42 Å². The van der Waals surface area contributed by atoms with Gasteiger partial charge in [0.2, 0.25) is 0 Å². The first kappa shape index (κ1) is 8.68. The second-order valence-electron chi connectivity index (χ2n) is 3.42. The van der Waals surface area contributed by atoms with Gasteiger partial charge in [-0.1, -0.05) is 6.08 Å². The van der Waals surface area contributed by atoms with E-state index in [2.05, 4.69) is 0 Å². The average molecular weight is 186 g/mol. The normalized spacial score (nSPS) is 41.8. The molecule has 2 bridgehead atoms. The quantitative estimate of drug-likeness (QED) is 0.384. The summed E-state index contributed by atoms with van der Waals surface area (Å²) in [7, 11) is 0. The van der Waals surface area contributed by atoms with Crippen molar-refractivity contribution >= 4 is 5.97 Å². The molecule has 3 N–H and O–H groups in total. The molecule has 0 aliphatic carbocycles. The molecule has 0 saturated carbocycles. The summed E-state index contributed by atoms with van der Waals surface area (Å²) in [6, 6.07) is 0. The smallest absolute Gasteiger partial charge is 0.309 e. The first-order chi connectivity index (χ1) is 6.05. The average Bonchev–Trinajstić information content (AvgIpc) is 2.60. The lowest BCUT2D eigenvalue weighted by atomic mass is 9.86. The Hall–Kier alpha value is -0.910. The Morgan fingerprint density at radius 3 is 2.69 bits per heavy atom. The van der Waals surface area contributed by atoms with Gasteiger partial charge >= 0.3 is 5.97 Å². The maximum Gasteiger partial charge on any atom is 0.309 e. The Morgan fingerprint density at radius 2 is 2.31 bits per heavy atom. The third-order valence-electron chi connectivity index (χ3n) is 2.61. The molecule has 0 amide bonds. The van der Waals surface area contributed by atoms with Crippen LogP contribution in [-0.2, 0) is 9.53 Å². The summed E-state index contributed by atoms with van der Waals surface area (Å²) >= 11 is 0. The van der Waals surface area contributed by atoms with Crippen LogP contribution >= 0.6 is 0 Å². The van der Waals surface area contributed by atoms with Gasteiger partial charge in [-0.3, -0.25) is 4.79 Å². The van der Waals surface area contributed by atoms with E-state index in [1.807, 2.05) is 0 Å². The van der Waals surface area contributed by atoms with Crippen molar-refractivity contribution in [2.45, 2.75) is 24.4 Å². The fourth-order valence-electron chi connectivity index (χ4n) is 1.86. The molecular formula is C8H10O5. The molecule has 2 rings (SSSR count). The molecule has 0 spiro atoms. The van der Waals surface area contributed by atoms with Gasteiger partial charge in [-0.05, 0) is 6.08 Å². The standard InChI is InChI=1S/C8H10O5/c9-6(10)4-3-8(7(11)12)2-1-5(4)13-8/h1-2,4-5,7,11-12H,3H2,(H,9,10). The summed E-state index contributed by atoms with van der Waals surface area (Å²) in [5.74, 6) is -1.62. The van der Waals surface area contributed by atoms with Gasteiger partial charge in [-0.15, -0.1) is 0 Å². The number of carbonyl (C=O) groups is 1. The molecule has 0 aromatic rings. The molecule has 3 atom stereocenters. The molecule has 5 nitrogen and oxygen atoms in total. The molecule has 0 aromatic heterocycles. The van der Waals surface area contributed by atoms with E-state index in [1.54, 1.807) is 6.08 Å². The number of carboxylic acid groups (broad SMARTS) is 1. The Kier molecular flexibility index (Phi) is 1.69. The van der Waals surface area contributed by atoms with Gasteiger partial charge in [0.1, 0.15) is 5.60 Å². The van der Waals surface area contributed by atoms with Crippen LogP contribution in [0.3, 0.4) is 0 Å². The Morgan fingerprint density at radius 1 is 1.62 bits per heavy atom. The SMILES string of the molecule is O=C(O)C1CC2(C(O)O)C=CC1O2. The molecule has 2 aliphatic heterocycles. The number of aliphatic carboxylic acids is 1. The maximum absolute atomic E-state index is 10.7. The van der Waals surface area contributed by atoms with Crippen LogP contribution in [0, 0.1) is 5.92 Å². The number of carboxylic acids is 1. The molecule has 5 heteroatoms. The minimum atomic E-state index is -1.65. The lowest BCUT2D eigenvalue weighted by Gasteiger charge is -2.24. The predicted molar refractivity (Wildman–Crippen MR) is 40.7 cm³/mol. The molecule has 72 valence electrons. The molecule has 0 aromatic carbocycles. The van der Waals surface area contributed by atoms with Crippen LogP contribution in [0.4, 0.5) is 0 Å². The van der Waals surface area contributed by atoms with Crippen LogP contribution in [0.5, 0.6) is 0 Å². The number of rotatable bonds is 2. The van der Waals surface area contributed by atoms with Gasteiger partial charge in [0, 0.05) is 6.42 Å². The van der Waals surface area contributed by atoms with Crippen molar-refractivity contribution < 1.29 is 24.9 Å². The lowest BCUT2D eigenvalue weighted by Crippen LogP contribution is -2.39. The highest BCUT2D eigenvalue weighted by Crippen LogP contribution is 2.43. The van der Waals surface area contributed by atoms with Crippen molar-refractivity contribution in [3.05, 3.63) is 12.2 Å². The monoisotopic (exact) mass is 186 g/mol. The van der Waals surface area contributed by atoms with Crippen LogP contribution in [-0.4, -0.2) is 39.3 Å². The molecule has 2 heterocycles. The Balaban J connectivity index is 2.23. The van der Waals surface area contributed by atoms with Gasteiger partial charge < -0.3 is 20.1 Å². The van der Waals surface area contributed by atoms with E-state index in [1.165, 1.54) is 6.08 Å². The Bertz CT molecular complexity index is 272. The van der Waals surface area contributed by atoms with E-state index in [0.29, 0.717) is 0 Å². The van der Waals surface area contributed by atoms with E-state index >= 15 is 0 Å². The summed E-state index contributed by atoms with van der Waals surface area (Å²) < 4.78 is 5.20. The van der Waals surface area contributed by atoms with Crippen molar-refractivity contribution in [1.82, 2.24) is 0 Å². The molecular weight excluding hydrogens is 176 g/mol. The van der Waals surface area contributed by atoms with Crippen LogP contribution in [0.15, 0.2) is 12.2 Å². The summed E-state index contributed by atoms with van der Waals surface area (Å²) in [6.07, 6.45) is 1.06. The first-order valence-corrected chi connectivity index (χ1v) is 4.01. The van der Waals surface area contributed by atoms with Crippen molar-refractivity contribution in [3.8, 4) is 0 Å². The molecule has 3 unspecified atom stereocenters. The minimum Gasteiger partial charge on any atom is -0.481 e. The number of aliphatic hydroxyl groups is 2. The van der Waals surface area contributed by atoms with E-state index in [4.69, 9.17) is 20.1 Å². The van der Waals surface area contributed by atoms with Gasteiger partial charge in [0.15, 0.2) is 6.29 Å². The van der Waals surface area contributed by atoms with Crippen LogP contribution in [0.1, 0.15) is 6.42 Å². The number of hydrogen-bond acceptors (Lipinski definition) is 4. The molecule has 0 radical (unpaired) electrons. The van der Waals surface area contributed by atoms with Gasteiger partial charge in [0.05, 0.1) is 12.0 Å². The molecule has 2 aliphatic rings. The van der Waals surface area contributed by atoms with Gasteiger partial charge in [0.25, 0.3) is 0 Å². The van der Waals surface area contributed by atoms with Crippen LogP contribution in [0.25, 0.3) is 0 Å². The fourth-order valence-corrected chi connectivity index (χ4v) is 1.86. The first-order valence-electron chi connectivity index (χ1n) is 4.01. The van der Waals surface area contributed by atoms with Gasteiger partial charge in [-0.2, -0.15) is 0 Å². The summed E-state index contributed by atoms with van der Waals surface area (Å²) in [4.78, 5) is 10.7. The zero-order chi connectivity index (χ0) is 9.64. The highest BCUT2D eigenvalue weighted by molar-refractivity contribution is 5.72. The van der Waals surface area contributed by atoms with E-state index in [0.717, 1.165) is 0 Å². The number of ether oxygens (including phenoxy) is 1. The summed E-state index contributed by atoms with van der Waals surface area (Å²) in [6.45, 7) is 0. The second-order valence-corrected chi connectivity index (χ2v) is 3.42. The third kappa shape index (κ3) is 1.08. The van der Waals surface area contributed by atoms with Gasteiger partial charge in [-0.25, -0.2) is 0 Å². The number of fused-ring (bicyclic) bond motifs is 2. The number of hydrogen-bond donors (Lipinski definition) is 3. The molecule has 1 fully saturated rings. The number of aliphatic hydroxyl groups excluding tert-OH is 1. The Labute approximate surface area is 74.3 Å². The van der Waals surface area contributed by atoms with Crippen molar-refractivity contribution in [3.63, 3.8) is 0 Å². The minimum absolute atomic E-state index is 0.126. The largest absolute Gasteiger partial charge is 0.481 e. The van der Waals surface area contributed by atoms with Crippen molar-refractivity contribution in [1.29, 1.82) is 0 Å². The summed E-state index contributed by atoms with van der Waals surface area (Å²) in [5, 5.41) is 26.8. The third-order valence-corrected chi connectivity index (χ3v) is 2.61. The van der Waals surface area contributed by atoms with E-state index < -0.39 is 29.9 Å². The maximum atomic E-state index is 10.7. The van der Waals surface area contributed by atoms with Crippen molar-refractivity contribution in [2.24, 2.45) is 5.92 Å². The highest BCUT2D eigenvalue weighted by atomic mass is 16.6. The lowest BCUT2D eigenvalue weighted by molar-refractivity contribution is -0.166. The highest BCUT2D eigenvalue weighted by Gasteiger charge is 2.54. The van der Waals surface area contributed by atoms with Crippen LogP contribution in [0.2, 0.25) is 0 Å². The molecule has 1 saturated heterocycles. The predicted octanol–water partition coefficient (Wildman–Crippen LogP) is -0.905. The van der Waals surface area contributed by atoms with Crippen molar-refractivity contribution in [2.75, 3.05) is 0 Å².